The van der Waals surface area contributed by atoms with E-state index < -0.39 is 0 Å². The molecule has 1 fully saturated rings. The van der Waals surface area contributed by atoms with Gasteiger partial charge < -0.3 is 10.6 Å². The molecule has 0 saturated carbocycles. The molecule has 104 valence electrons. The zero-order chi connectivity index (χ0) is 13.9. The highest BCUT2D eigenvalue weighted by atomic mass is 32.1. The second-order valence-corrected chi connectivity index (χ2v) is 6.21. The van der Waals surface area contributed by atoms with Crippen molar-refractivity contribution in [3.05, 3.63) is 0 Å². The van der Waals surface area contributed by atoms with Crippen LogP contribution in [0.3, 0.4) is 0 Å². The van der Waals surface area contributed by atoms with Crippen LogP contribution >= 0.6 is 12.2 Å². The average Bonchev–Trinajstić information content (AvgIpc) is 2.28. The molecule has 1 unspecified atom stereocenters. The van der Waals surface area contributed by atoms with Crippen molar-refractivity contribution < 1.29 is 4.79 Å². The zero-order valence-corrected chi connectivity index (χ0v) is 12.7. The van der Waals surface area contributed by atoms with Crippen molar-refractivity contribution in [3.63, 3.8) is 0 Å². The number of hydrogen-bond donors (Lipinski definition) is 1. The lowest BCUT2D eigenvalue weighted by Crippen LogP contribution is -2.60. The van der Waals surface area contributed by atoms with Crippen molar-refractivity contribution >= 4 is 23.1 Å². The number of thiocarbonyl (C=S) groups is 1. The van der Waals surface area contributed by atoms with Crippen LogP contribution < -0.4 is 5.73 Å². The van der Waals surface area contributed by atoms with E-state index in [1.165, 1.54) is 0 Å². The fraction of sp³-hybridized carbons (Fsp3) is 0.846. The van der Waals surface area contributed by atoms with Gasteiger partial charge in [0.1, 0.15) is 0 Å². The topological polar surface area (TPSA) is 49.6 Å². The second kappa shape index (κ2) is 5.97. The molecule has 1 saturated heterocycles. The van der Waals surface area contributed by atoms with Gasteiger partial charge in [0.05, 0.1) is 10.9 Å². The van der Waals surface area contributed by atoms with Gasteiger partial charge in [0.2, 0.25) is 5.91 Å². The third-order valence-electron chi connectivity index (χ3n) is 3.85. The molecule has 4 nitrogen and oxygen atoms in total. The maximum atomic E-state index is 12.5. The van der Waals surface area contributed by atoms with Gasteiger partial charge in [-0.1, -0.05) is 25.6 Å². The molecule has 0 aliphatic carbocycles. The van der Waals surface area contributed by atoms with Crippen molar-refractivity contribution in [3.8, 4) is 0 Å². The number of rotatable bonds is 4. The van der Waals surface area contributed by atoms with E-state index in [-0.39, 0.29) is 17.4 Å². The van der Waals surface area contributed by atoms with Gasteiger partial charge in [-0.3, -0.25) is 9.69 Å². The SMILES string of the molecule is CCCC(C(=O)N1CCN(C)C(C)(C)C1)C(N)=S. The number of carbonyl (C=O) groups is 1. The molecule has 0 radical (unpaired) electrons. The molecule has 1 heterocycles. The molecule has 1 atom stereocenters. The van der Waals surface area contributed by atoms with Crippen LogP contribution in [0.5, 0.6) is 0 Å². The van der Waals surface area contributed by atoms with Crippen LogP contribution in [0, 0.1) is 5.92 Å². The van der Waals surface area contributed by atoms with Crippen LogP contribution in [0.25, 0.3) is 0 Å². The van der Waals surface area contributed by atoms with Crippen LogP contribution in [0.4, 0.5) is 0 Å². The standard InChI is InChI=1S/C13H25N3OS/c1-5-6-10(11(14)18)12(17)16-8-7-15(4)13(2,3)9-16/h10H,5-9H2,1-4H3,(H2,14,18). The molecule has 0 spiro atoms. The van der Waals surface area contributed by atoms with Gasteiger partial charge in [0.25, 0.3) is 0 Å². The highest BCUT2D eigenvalue weighted by Crippen LogP contribution is 2.21. The monoisotopic (exact) mass is 271 g/mol. The Hall–Kier alpha value is -0.680. The van der Waals surface area contributed by atoms with E-state index in [1.807, 2.05) is 11.8 Å². The Morgan fingerprint density at radius 3 is 2.50 bits per heavy atom. The molecule has 1 aliphatic heterocycles. The van der Waals surface area contributed by atoms with E-state index in [0.717, 1.165) is 32.5 Å². The normalized spacial score (nSPS) is 21.7. The van der Waals surface area contributed by atoms with E-state index in [0.29, 0.717) is 4.99 Å². The fourth-order valence-electron chi connectivity index (χ4n) is 2.32. The molecule has 0 aromatic rings. The summed E-state index contributed by atoms with van der Waals surface area (Å²) in [6.45, 7) is 8.76. The van der Waals surface area contributed by atoms with E-state index in [2.05, 4.69) is 25.8 Å². The van der Waals surface area contributed by atoms with E-state index in [1.54, 1.807) is 0 Å². The molecule has 0 bridgehead atoms. The first-order valence-corrected chi connectivity index (χ1v) is 6.99. The van der Waals surface area contributed by atoms with Crippen molar-refractivity contribution in [2.75, 3.05) is 26.7 Å². The van der Waals surface area contributed by atoms with Crippen molar-refractivity contribution in [2.24, 2.45) is 11.7 Å². The lowest BCUT2D eigenvalue weighted by atomic mass is 9.96. The Kier molecular flexibility index (Phi) is 5.10. The van der Waals surface area contributed by atoms with Crippen molar-refractivity contribution in [1.82, 2.24) is 9.80 Å². The number of nitrogens with two attached hydrogens (primary N) is 1. The van der Waals surface area contributed by atoms with Crippen molar-refractivity contribution in [2.45, 2.75) is 39.2 Å². The minimum atomic E-state index is -0.288. The Labute approximate surface area is 115 Å². The lowest BCUT2D eigenvalue weighted by Gasteiger charge is -2.46. The summed E-state index contributed by atoms with van der Waals surface area (Å²) in [5, 5.41) is 0. The molecular formula is C13H25N3OS. The number of nitrogens with zero attached hydrogens (tertiary/aromatic N) is 2. The van der Waals surface area contributed by atoms with E-state index in [4.69, 9.17) is 18.0 Å². The summed E-state index contributed by atoms with van der Waals surface area (Å²) >= 11 is 5.03. The molecule has 2 N–H and O–H groups in total. The summed E-state index contributed by atoms with van der Waals surface area (Å²) in [6.07, 6.45) is 1.67. The minimum Gasteiger partial charge on any atom is -0.393 e. The van der Waals surface area contributed by atoms with Gasteiger partial charge in [0, 0.05) is 25.2 Å². The Morgan fingerprint density at radius 2 is 2.06 bits per heavy atom. The number of hydrogen-bond acceptors (Lipinski definition) is 3. The first-order valence-electron chi connectivity index (χ1n) is 6.59. The summed E-state index contributed by atoms with van der Waals surface area (Å²) in [7, 11) is 2.10. The summed E-state index contributed by atoms with van der Waals surface area (Å²) < 4.78 is 0. The van der Waals surface area contributed by atoms with Crippen LogP contribution in [0.15, 0.2) is 0 Å². The molecule has 1 aliphatic rings. The summed E-state index contributed by atoms with van der Waals surface area (Å²) in [4.78, 5) is 17.0. The summed E-state index contributed by atoms with van der Waals surface area (Å²) in [5.74, 6) is -0.185. The highest BCUT2D eigenvalue weighted by molar-refractivity contribution is 7.80. The Balaban J connectivity index is 2.75. The zero-order valence-electron chi connectivity index (χ0n) is 11.9. The number of piperazine rings is 1. The van der Waals surface area contributed by atoms with E-state index in [9.17, 15) is 4.79 Å². The van der Waals surface area contributed by atoms with Gasteiger partial charge in [-0.2, -0.15) is 0 Å². The summed E-state index contributed by atoms with van der Waals surface area (Å²) in [5.41, 5.74) is 5.71. The smallest absolute Gasteiger partial charge is 0.232 e. The maximum Gasteiger partial charge on any atom is 0.232 e. The highest BCUT2D eigenvalue weighted by Gasteiger charge is 2.35. The first kappa shape index (κ1) is 15.4. The molecule has 1 rings (SSSR count). The molecular weight excluding hydrogens is 246 g/mol. The molecule has 0 aromatic heterocycles. The number of likely N-dealkylation sites (N-methyl/N-ethyl adjacent to an activating group) is 1. The Bertz CT molecular complexity index is 330. The predicted molar refractivity (Wildman–Crippen MR) is 78.5 cm³/mol. The largest absolute Gasteiger partial charge is 0.393 e. The van der Waals surface area contributed by atoms with Crippen LogP contribution in [-0.2, 0) is 4.79 Å². The van der Waals surface area contributed by atoms with Crippen LogP contribution in [-0.4, -0.2) is 52.9 Å². The van der Waals surface area contributed by atoms with Gasteiger partial charge in [0.15, 0.2) is 0 Å². The van der Waals surface area contributed by atoms with Gasteiger partial charge in [-0.15, -0.1) is 0 Å². The fourth-order valence-corrected chi connectivity index (χ4v) is 2.54. The minimum absolute atomic E-state index is 0.0148. The lowest BCUT2D eigenvalue weighted by molar-refractivity contribution is -0.138. The molecule has 18 heavy (non-hydrogen) atoms. The van der Waals surface area contributed by atoms with Crippen LogP contribution in [0.1, 0.15) is 33.6 Å². The van der Waals surface area contributed by atoms with Gasteiger partial charge in [-0.25, -0.2) is 0 Å². The first-order chi connectivity index (χ1) is 8.29. The molecule has 0 aromatic carbocycles. The van der Waals surface area contributed by atoms with Crippen molar-refractivity contribution in [1.29, 1.82) is 0 Å². The van der Waals surface area contributed by atoms with Crippen LogP contribution in [0.2, 0.25) is 0 Å². The summed E-state index contributed by atoms with van der Waals surface area (Å²) in [6, 6.07) is 0. The average molecular weight is 271 g/mol. The van der Waals surface area contributed by atoms with Gasteiger partial charge in [-0.05, 0) is 27.3 Å². The maximum absolute atomic E-state index is 12.5. The number of carbonyl (C=O) groups excluding carboxylic acids is 1. The molecule has 1 amide bonds. The number of amides is 1. The van der Waals surface area contributed by atoms with E-state index >= 15 is 0 Å². The van der Waals surface area contributed by atoms with Gasteiger partial charge >= 0.3 is 0 Å². The predicted octanol–water partition coefficient (Wildman–Crippen LogP) is 1.24. The Morgan fingerprint density at radius 1 is 1.44 bits per heavy atom. The molecule has 5 heteroatoms. The third-order valence-corrected chi connectivity index (χ3v) is 4.13. The second-order valence-electron chi connectivity index (χ2n) is 5.74. The quantitative estimate of drug-likeness (QED) is 0.782. The third kappa shape index (κ3) is 3.42.